The highest BCUT2D eigenvalue weighted by Gasteiger charge is 2.44. The van der Waals surface area contributed by atoms with Crippen LogP contribution < -0.4 is 5.32 Å². The number of aliphatic hydroxyl groups is 1. The molecular formula is C30H29F3N2O4S. The van der Waals surface area contributed by atoms with Crippen molar-refractivity contribution in [2.45, 2.75) is 55.2 Å². The average Bonchev–Trinajstić information content (AvgIpc) is 2.92. The van der Waals surface area contributed by atoms with Crippen LogP contribution in [0, 0.1) is 17.2 Å². The molecule has 4 rings (SSSR count). The summed E-state index contributed by atoms with van der Waals surface area (Å²) in [6.45, 7) is 0. The van der Waals surface area contributed by atoms with Crippen LogP contribution in [-0.2, 0) is 27.2 Å². The summed E-state index contributed by atoms with van der Waals surface area (Å²) >= 11 is 0. The normalized spacial score (nSPS) is 16.1. The molecule has 1 unspecified atom stereocenters. The number of rotatable bonds is 7. The third-order valence-corrected chi connectivity index (χ3v) is 8.48. The maximum Gasteiger partial charge on any atom is 0.417 e. The second-order valence-electron chi connectivity index (χ2n) is 10.3. The number of anilines is 1. The molecule has 0 aromatic heterocycles. The van der Waals surface area contributed by atoms with E-state index >= 15 is 0 Å². The van der Waals surface area contributed by atoms with Crippen molar-refractivity contribution in [2.24, 2.45) is 5.92 Å². The highest BCUT2D eigenvalue weighted by atomic mass is 32.2. The van der Waals surface area contributed by atoms with Gasteiger partial charge in [0.15, 0.2) is 9.84 Å². The Morgan fingerprint density at radius 2 is 1.65 bits per heavy atom. The van der Waals surface area contributed by atoms with Crippen LogP contribution in [-0.4, -0.2) is 31.3 Å². The number of carbonyl (C=O) groups is 1. The first-order valence-corrected chi connectivity index (χ1v) is 14.7. The Kier molecular flexibility index (Phi) is 8.38. The quantitative estimate of drug-likeness (QED) is 0.355. The fraction of sp³-hybridized carbons (Fsp3) is 0.333. The number of nitrogens with one attached hydrogen (secondary N) is 1. The van der Waals surface area contributed by atoms with Gasteiger partial charge in [-0.15, -0.1) is 0 Å². The van der Waals surface area contributed by atoms with E-state index in [0.29, 0.717) is 35.6 Å². The van der Waals surface area contributed by atoms with Gasteiger partial charge in [-0.05, 0) is 65.8 Å². The van der Waals surface area contributed by atoms with Gasteiger partial charge < -0.3 is 10.4 Å². The first-order chi connectivity index (χ1) is 18.8. The molecule has 1 fully saturated rings. The van der Waals surface area contributed by atoms with E-state index in [1.54, 1.807) is 42.5 Å². The van der Waals surface area contributed by atoms with E-state index < -0.39 is 44.6 Å². The number of carbonyl (C=O) groups excluding carboxylic acids is 1. The number of nitrogens with zero attached hydrogens (tertiary/aromatic N) is 1. The van der Waals surface area contributed by atoms with Crippen LogP contribution in [0.15, 0.2) is 71.6 Å². The minimum absolute atomic E-state index is 0.0918. The van der Waals surface area contributed by atoms with Gasteiger partial charge in [0, 0.05) is 18.4 Å². The van der Waals surface area contributed by atoms with Crippen molar-refractivity contribution >= 4 is 21.4 Å². The number of alkyl halides is 3. The summed E-state index contributed by atoms with van der Waals surface area (Å²) in [5.41, 5.74) is -1.87. The van der Waals surface area contributed by atoms with Crippen LogP contribution in [0.4, 0.5) is 18.9 Å². The molecule has 40 heavy (non-hydrogen) atoms. The van der Waals surface area contributed by atoms with E-state index in [1.807, 2.05) is 0 Å². The molecule has 210 valence electrons. The van der Waals surface area contributed by atoms with Gasteiger partial charge in [0.1, 0.15) is 5.60 Å². The highest BCUT2D eigenvalue weighted by molar-refractivity contribution is 7.90. The molecule has 0 radical (unpaired) electrons. The van der Waals surface area contributed by atoms with E-state index in [2.05, 4.69) is 5.32 Å². The summed E-state index contributed by atoms with van der Waals surface area (Å²) in [4.78, 5) is 13.8. The second-order valence-corrected chi connectivity index (χ2v) is 12.3. The Hall–Kier alpha value is -3.68. The SMILES string of the molecule is CS(=O)(=O)c1cccc(-c2cccc(CC(O)(C(=O)Nc3ccc(C#N)c(C(F)(F)F)c3)C3CCCCC3)c2)c1. The predicted octanol–water partition coefficient (Wildman–Crippen LogP) is 6.14. The van der Waals surface area contributed by atoms with Gasteiger partial charge in [-0.2, -0.15) is 18.4 Å². The monoisotopic (exact) mass is 570 g/mol. The number of benzene rings is 3. The van der Waals surface area contributed by atoms with Gasteiger partial charge in [-0.1, -0.05) is 55.7 Å². The van der Waals surface area contributed by atoms with Gasteiger partial charge >= 0.3 is 6.18 Å². The van der Waals surface area contributed by atoms with Crippen LogP contribution in [0.2, 0.25) is 0 Å². The lowest BCUT2D eigenvalue weighted by molar-refractivity contribution is -0.142. The first-order valence-electron chi connectivity index (χ1n) is 12.9. The zero-order chi connectivity index (χ0) is 29.1. The molecule has 1 atom stereocenters. The second kappa shape index (κ2) is 11.4. The van der Waals surface area contributed by atoms with Crippen LogP contribution in [0.25, 0.3) is 11.1 Å². The summed E-state index contributed by atoms with van der Waals surface area (Å²) in [7, 11) is -3.43. The summed E-state index contributed by atoms with van der Waals surface area (Å²) in [5.74, 6) is -1.24. The van der Waals surface area contributed by atoms with Gasteiger partial charge in [0.25, 0.3) is 5.91 Å². The molecule has 6 nitrogen and oxygen atoms in total. The Morgan fingerprint density at radius 3 is 2.27 bits per heavy atom. The molecule has 1 saturated carbocycles. The number of amides is 1. The van der Waals surface area contributed by atoms with Crippen LogP contribution in [0.1, 0.15) is 48.8 Å². The molecule has 1 amide bonds. The number of hydrogen-bond acceptors (Lipinski definition) is 5. The van der Waals surface area contributed by atoms with Crippen molar-refractivity contribution < 1.29 is 31.5 Å². The molecule has 0 bridgehead atoms. The van der Waals surface area contributed by atoms with E-state index in [1.165, 1.54) is 18.2 Å². The minimum atomic E-state index is -4.79. The van der Waals surface area contributed by atoms with Crippen LogP contribution in [0.5, 0.6) is 0 Å². The van der Waals surface area contributed by atoms with Crippen molar-refractivity contribution in [3.63, 3.8) is 0 Å². The summed E-state index contributed by atoms with van der Waals surface area (Å²) in [6.07, 6.45) is -0.00254. The molecule has 1 aliphatic rings. The van der Waals surface area contributed by atoms with Crippen molar-refractivity contribution in [3.8, 4) is 17.2 Å². The van der Waals surface area contributed by atoms with Crippen molar-refractivity contribution in [1.29, 1.82) is 5.26 Å². The van der Waals surface area contributed by atoms with Gasteiger partial charge in [0.2, 0.25) is 0 Å². The smallest absolute Gasteiger partial charge is 0.379 e. The molecule has 0 saturated heterocycles. The van der Waals surface area contributed by atoms with E-state index in [4.69, 9.17) is 5.26 Å². The molecule has 0 spiro atoms. The molecule has 3 aromatic carbocycles. The molecule has 3 aromatic rings. The molecule has 10 heteroatoms. The summed E-state index contributed by atoms with van der Waals surface area (Å²) < 4.78 is 64.5. The maximum absolute atomic E-state index is 13.6. The van der Waals surface area contributed by atoms with Crippen molar-refractivity contribution in [3.05, 3.63) is 83.4 Å². The molecule has 2 N–H and O–H groups in total. The fourth-order valence-corrected chi connectivity index (χ4v) is 5.93. The Balaban J connectivity index is 1.67. The van der Waals surface area contributed by atoms with Crippen LogP contribution in [0.3, 0.4) is 0 Å². The maximum atomic E-state index is 13.6. The number of nitriles is 1. The Morgan fingerprint density at radius 1 is 1.00 bits per heavy atom. The Bertz CT molecular complexity index is 1560. The van der Waals surface area contributed by atoms with E-state index in [-0.39, 0.29) is 17.0 Å². The van der Waals surface area contributed by atoms with Crippen molar-refractivity contribution in [2.75, 3.05) is 11.6 Å². The first kappa shape index (κ1) is 29.3. The van der Waals surface area contributed by atoms with Gasteiger partial charge in [-0.3, -0.25) is 4.79 Å². The van der Waals surface area contributed by atoms with Crippen molar-refractivity contribution in [1.82, 2.24) is 0 Å². The number of halogens is 3. The van der Waals surface area contributed by atoms with Gasteiger partial charge in [-0.25, -0.2) is 8.42 Å². The van der Waals surface area contributed by atoms with E-state index in [9.17, 15) is 31.5 Å². The third kappa shape index (κ3) is 6.54. The molecule has 1 aliphatic carbocycles. The van der Waals surface area contributed by atoms with Gasteiger partial charge in [0.05, 0.1) is 22.1 Å². The summed E-state index contributed by atoms with van der Waals surface area (Å²) in [5, 5.41) is 23.4. The third-order valence-electron chi connectivity index (χ3n) is 7.37. The lowest BCUT2D eigenvalue weighted by atomic mass is 9.73. The largest absolute Gasteiger partial charge is 0.417 e. The number of hydrogen-bond donors (Lipinski definition) is 2. The lowest BCUT2D eigenvalue weighted by Gasteiger charge is -2.37. The van der Waals surface area contributed by atoms with Crippen LogP contribution >= 0.6 is 0 Å². The lowest BCUT2D eigenvalue weighted by Crippen LogP contribution is -2.51. The molecule has 0 heterocycles. The average molecular weight is 571 g/mol. The zero-order valence-electron chi connectivity index (χ0n) is 21.8. The molecular weight excluding hydrogens is 541 g/mol. The fourth-order valence-electron chi connectivity index (χ4n) is 5.26. The highest BCUT2D eigenvalue weighted by Crippen LogP contribution is 2.38. The molecule has 0 aliphatic heterocycles. The predicted molar refractivity (Wildman–Crippen MR) is 145 cm³/mol. The topological polar surface area (TPSA) is 107 Å². The summed E-state index contributed by atoms with van der Waals surface area (Å²) in [6, 6.07) is 17.9. The van der Waals surface area contributed by atoms with E-state index in [0.717, 1.165) is 31.6 Å². The Labute approximate surface area is 231 Å². The number of sulfone groups is 1. The standard InChI is InChI=1S/C30H29F3N2O4S/c1-40(38,39)26-12-6-9-22(16-26)21-8-5-7-20(15-21)18-29(37,24-10-3-2-4-11-24)28(36)35-25-14-13-23(19-34)27(17-25)30(31,32)33/h5-9,12-17,24,37H,2-4,10-11,18H2,1H3,(H,35,36). The minimum Gasteiger partial charge on any atom is -0.379 e. The zero-order valence-corrected chi connectivity index (χ0v) is 22.6.